The number of hydrogen-bond donors (Lipinski definition) is 1. The van der Waals surface area contributed by atoms with E-state index in [9.17, 15) is 9.59 Å². The number of hydrogen-bond acceptors (Lipinski definition) is 3. The highest BCUT2D eigenvalue weighted by Crippen LogP contribution is 2.24. The van der Waals surface area contributed by atoms with E-state index in [1.165, 1.54) is 11.1 Å². The van der Waals surface area contributed by atoms with E-state index in [1.807, 2.05) is 18.2 Å². The van der Waals surface area contributed by atoms with Crippen molar-refractivity contribution in [3.05, 3.63) is 40.3 Å². The van der Waals surface area contributed by atoms with Gasteiger partial charge in [0.15, 0.2) is 5.69 Å². The summed E-state index contributed by atoms with van der Waals surface area (Å²) in [6, 6.07) is 7.49. The molecule has 1 heterocycles. The molecular weight excluding hydrogens is 326 g/mol. The van der Waals surface area contributed by atoms with Crippen molar-refractivity contribution in [1.82, 2.24) is 15.1 Å². The third-order valence-electron chi connectivity index (χ3n) is 5.48. The summed E-state index contributed by atoms with van der Waals surface area (Å²) in [5, 5.41) is 8.84. The molecule has 5 heteroatoms. The number of nitrogens with one attached hydrogen (secondary N) is 1. The first-order valence-electron chi connectivity index (χ1n) is 9.92. The molecule has 26 heavy (non-hydrogen) atoms. The van der Waals surface area contributed by atoms with Crippen LogP contribution in [0.5, 0.6) is 0 Å². The maximum absolute atomic E-state index is 13.0. The molecule has 140 valence electrons. The van der Waals surface area contributed by atoms with Crippen molar-refractivity contribution >= 4 is 16.7 Å². The van der Waals surface area contributed by atoms with Gasteiger partial charge in [-0.15, -0.1) is 0 Å². The van der Waals surface area contributed by atoms with Crippen molar-refractivity contribution in [2.24, 2.45) is 5.92 Å². The highest BCUT2D eigenvalue weighted by molar-refractivity contribution is 6.04. The third kappa shape index (κ3) is 3.97. The van der Waals surface area contributed by atoms with Gasteiger partial charge in [0.05, 0.1) is 5.39 Å². The first-order valence-corrected chi connectivity index (χ1v) is 9.92. The first-order chi connectivity index (χ1) is 12.6. The monoisotopic (exact) mass is 355 g/mol. The van der Waals surface area contributed by atoms with E-state index in [2.05, 4.69) is 24.3 Å². The fourth-order valence-corrected chi connectivity index (χ4v) is 3.83. The minimum Gasteiger partial charge on any atom is -0.348 e. The molecule has 1 aromatic heterocycles. The van der Waals surface area contributed by atoms with Crippen molar-refractivity contribution in [1.29, 1.82) is 0 Å². The molecule has 1 saturated carbocycles. The van der Waals surface area contributed by atoms with Crippen LogP contribution in [-0.4, -0.2) is 21.7 Å². The topological polar surface area (TPSA) is 64.0 Å². The van der Waals surface area contributed by atoms with Gasteiger partial charge in [0.2, 0.25) is 0 Å². The lowest BCUT2D eigenvalue weighted by atomic mass is 9.86. The summed E-state index contributed by atoms with van der Waals surface area (Å²) >= 11 is 0. The molecule has 3 rings (SSSR count). The maximum atomic E-state index is 13.0. The number of carbonyl (C=O) groups is 1. The molecule has 2 aromatic rings. The van der Waals surface area contributed by atoms with Gasteiger partial charge >= 0.3 is 0 Å². The van der Waals surface area contributed by atoms with Crippen LogP contribution in [0.2, 0.25) is 0 Å². The van der Waals surface area contributed by atoms with Crippen LogP contribution in [0.4, 0.5) is 0 Å². The minimum atomic E-state index is -0.163. The predicted octanol–water partition coefficient (Wildman–Crippen LogP) is 3.90. The summed E-state index contributed by atoms with van der Waals surface area (Å²) in [6.45, 7) is 4.87. The molecule has 0 bridgehead atoms. The number of aryl methyl sites for hydroxylation is 1. The second-order valence-electron chi connectivity index (χ2n) is 7.47. The molecule has 2 unspecified atom stereocenters. The normalized spacial score (nSPS) is 20.2. The molecular formula is C21H29N3O2. The molecule has 0 radical (unpaired) electrons. The van der Waals surface area contributed by atoms with Crippen LogP contribution >= 0.6 is 0 Å². The van der Waals surface area contributed by atoms with E-state index in [-0.39, 0.29) is 17.5 Å². The summed E-state index contributed by atoms with van der Waals surface area (Å²) in [5.41, 5.74) is 0.258. The number of rotatable bonds is 6. The van der Waals surface area contributed by atoms with Crippen LogP contribution < -0.4 is 10.9 Å². The summed E-state index contributed by atoms with van der Waals surface area (Å²) in [4.78, 5) is 25.7. The van der Waals surface area contributed by atoms with E-state index in [4.69, 9.17) is 0 Å². The summed E-state index contributed by atoms with van der Waals surface area (Å²) in [5.74, 6) is 0.318. The Morgan fingerprint density at radius 1 is 1.19 bits per heavy atom. The highest BCUT2D eigenvalue weighted by atomic mass is 16.2. The Hall–Kier alpha value is -2.17. The molecule has 5 nitrogen and oxygen atoms in total. The Balaban J connectivity index is 1.93. The van der Waals surface area contributed by atoms with Crippen LogP contribution in [0.3, 0.4) is 0 Å². The Morgan fingerprint density at radius 2 is 1.92 bits per heavy atom. The average molecular weight is 355 g/mol. The summed E-state index contributed by atoms with van der Waals surface area (Å²) in [7, 11) is 0. The van der Waals surface area contributed by atoms with E-state index in [1.54, 1.807) is 6.07 Å². The fourth-order valence-electron chi connectivity index (χ4n) is 3.83. The Kier molecular flexibility index (Phi) is 6.07. The molecule has 0 saturated heterocycles. The zero-order valence-corrected chi connectivity index (χ0v) is 15.8. The minimum absolute atomic E-state index is 0.112. The van der Waals surface area contributed by atoms with Gasteiger partial charge in [0.25, 0.3) is 11.5 Å². The van der Waals surface area contributed by atoms with Gasteiger partial charge in [-0.2, -0.15) is 5.10 Å². The molecule has 1 N–H and O–H groups in total. The van der Waals surface area contributed by atoms with Crippen LogP contribution in [0, 0.1) is 5.92 Å². The lowest BCUT2D eigenvalue weighted by Gasteiger charge is -2.29. The van der Waals surface area contributed by atoms with Gasteiger partial charge < -0.3 is 5.32 Å². The van der Waals surface area contributed by atoms with Gasteiger partial charge in [0.1, 0.15) is 0 Å². The lowest BCUT2D eigenvalue weighted by Crippen LogP contribution is -2.42. The van der Waals surface area contributed by atoms with Crippen LogP contribution in [0.1, 0.15) is 69.3 Å². The average Bonchev–Trinajstić information content (AvgIpc) is 2.65. The van der Waals surface area contributed by atoms with Gasteiger partial charge in [-0.05, 0) is 31.2 Å². The molecule has 1 aliphatic carbocycles. The van der Waals surface area contributed by atoms with E-state index >= 15 is 0 Å². The number of carbonyl (C=O) groups excluding carboxylic acids is 1. The molecule has 2 atom stereocenters. The quantitative estimate of drug-likeness (QED) is 0.800. The molecule has 0 aliphatic heterocycles. The number of aromatic nitrogens is 2. The van der Waals surface area contributed by atoms with E-state index in [0.717, 1.165) is 38.5 Å². The smallest absolute Gasteiger partial charge is 0.274 e. The predicted molar refractivity (Wildman–Crippen MR) is 104 cm³/mol. The number of benzene rings is 1. The van der Waals surface area contributed by atoms with Crippen molar-refractivity contribution in [2.75, 3.05) is 0 Å². The first kappa shape index (κ1) is 18.6. The SMILES string of the molecule is CCCCCn1nc(C(=O)NC2CCCCC2C)c2ccccc2c1=O. The van der Waals surface area contributed by atoms with Crippen LogP contribution in [0.15, 0.2) is 29.1 Å². The number of fused-ring (bicyclic) bond motifs is 1. The zero-order valence-electron chi connectivity index (χ0n) is 15.8. The van der Waals surface area contributed by atoms with Gasteiger partial charge in [-0.1, -0.05) is 57.7 Å². The van der Waals surface area contributed by atoms with Gasteiger partial charge in [-0.25, -0.2) is 4.68 Å². The van der Waals surface area contributed by atoms with Gasteiger partial charge in [0, 0.05) is 18.0 Å². The largest absolute Gasteiger partial charge is 0.348 e. The summed E-state index contributed by atoms with van der Waals surface area (Å²) in [6.07, 6.45) is 7.56. The molecule has 1 aliphatic rings. The maximum Gasteiger partial charge on any atom is 0.274 e. The Morgan fingerprint density at radius 3 is 2.65 bits per heavy atom. The second-order valence-corrected chi connectivity index (χ2v) is 7.47. The Bertz CT molecular complexity index is 828. The Labute approximate surface area is 154 Å². The van der Waals surface area contributed by atoms with Crippen molar-refractivity contribution in [2.45, 2.75) is 71.4 Å². The standard InChI is InChI=1S/C21H29N3O2/c1-3-4-9-14-24-21(26)17-12-7-6-11-16(17)19(23-24)20(25)22-18-13-8-5-10-15(18)2/h6-7,11-12,15,18H,3-5,8-10,13-14H2,1-2H3,(H,22,25). The van der Waals surface area contributed by atoms with Crippen molar-refractivity contribution in [3.63, 3.8) is 0 Å². The summed E-state index contributed by atoms with van der Waals surface area (Å²) < 4.78 is 1.47. The zero-order chi connectivity index (χ0) is 18.5. The van der Waals surface area contributed by atoms with E-state index < -0.39 is 0 Å². The fraction of sp³-hybridized carbons (Fsp3) is 0.571. The number of unbranched alkanes of at least 4 members (excludes halogenated alkanes) is 2. The van der Waals surface area contributed by atoms with E-state index in [0.29, 0.717) is 28.9 Å². The van der Waals surface area contributed by atoms with Crippen molar-refractivity contribution < 1.29 is 4.79 Å². The van der Waals surface area contributed by atoms with Crippen LogP contribution in [0.25, 0.3) is 10.8 Å². The third-order valence-corrected chi connectivity index (χ3v) is 5.48. The highest BCUT2D eigenvalue weighted by Gasteiger charge is 2.25. The second kappa shape index (κ2) is 8.47. The molecule has 1 fully saturated rings. The lowest BCUT2D eigenvalue weighted by molar-refractivity contribution is 0.0904. The van der Waals surface area contributed by atoms with Gasteiger partial charge in [-0.3, -0.25) is 9.59 Å². The number of nitrogens with zero attached hydrogens (tertiary/aromatic N) is 2. The molecule has 1 amide bonds. The van der Waals surface area contributed by atoms with Crippen molar-refractivity contribution in [3.8, 4) is 0 Å². The molecule has 1 aromatic carbocycles. The van der Waals surface area contributed by atoms with Crippen LogP contribution in [-0.2, 0) is 6.54 Å². The molecule has 0 spiro atoms. The number of amides is 1.